The van der Waals surface area contributed by atoms with Gasteiger partial charge in [0.1, 0.15) is 54.9 Å². The second-order valence-electron chi connectivity index (χ2n) is 25.3. The molecule has 1 aliphatic carbocycles. The molecule has 3 heterocycles. The van der Waals surface area contributed by atoms with E-state index < -0.39 is 0 Å². The van der Waals surface area contributed by atoms with Crippen molar-refractivity contribution in [3.8, 4) is 11.1 Å². The standard InChI is InChI=1S/C55H70B8N2S/c1-27-21-37-46-38(22-27)65(47-32(56)24-30(25-33(47)57)53(8,9)10)48-40-49(55(13,14)20-19-54(40,11)12)66-50(48)63(46)34-26-29(52(5,6)7)16-18-36(34)64(37)35-17-15-28(51(2,3)4)23-31(35)39-41(58)43(60)45(62)44(61)42(39)59/h15-18,21-26H,19-20,56-62H2,1-14H3. The number of fused-ring (bicyclic) bond motifs is 6. The third-order valence-electron chi connectivity index (χ3n) is 16.5. The van der Waals surface area contributed by atoms with Crippen molar-refractivity contribution in [1.82, 2.24) is 0 Å². The van der Waals surface area contributed by atoms with Crippen LogP contribution in [-0.4, -0.2) is 61.6 Å². The smallest absolute Gasteiger partial charge is 0.264 e. The van der Waals surface area contributed by atoms with Crippen molar-refractivity contribution in [2.24, 2.45) is 0 Å². The summed E-state index contributed by atoms with van der Waals surface area (Å²) in [6.45, 7) is 33.8. The summed E-state index contributed by atoms with van der Waals surface area (Å²) in [5.41, 5.74) is 30.2. The van der Waals surface area contributed by atoms with E-state index in [4.69, 9.17) is 0 Å². The second kappa shape index (κ2) is 15.2. The summed E-state index contributed by atoms with van der Waals surface area (Å²) in [5, 5.41) is 0. The zero-order valence-electron chi connectivity index (χ0n) is 44.6. The van der Waals surface area contributed by atoms with Gasteiger partial charge in [-0.1, -0.05) is 142 Å². The van der Waals surface area contributed by atoms with Gasteiger partial charge in [-0.05, 0) is 121 Å². The first kappa shape index (κ1) is 47.0. The first-order chi connectivity index (χ1) is 30.5. The zero-order valence-corrected chi connectivity index (χ0v) is 45.4. The minimum atomic E-state index is -0.0217. The van der Waals surface area contributed by atoms with Gasteiger partial charge in [0.2, 0.25) is 0 Å². The van der Waals surface area contributed by atoms with E-state index in [0.29, 0.717) is 0 Å². The summed E-state index contributed by atoms with van der Waals surface area (Å²) in [7, 11) is 16.4. The molecule has 0 N–H and O–H groups in total. The molecule has 0 bridgehead atoms. The highest BCUT2D eigenvalue weighted by Crippen LogP contribution is 2.56. The van der Waals surface area contributed by atoms with Crippen LogP contribution < -0.4 is 63.7 Å². The van der Waals surface area contributed by atoms with Crippen LogP contribution in [0.4, 0.5) is 34.1 Å². The predicted octanol–water partition coefficient (Wildman–Crippen LogP) is 1.86. The third kappa shape index (κ3) is 7.12. The Morgan fingerprint density at radius 3 is 1.56 bits per heavy atom. The van der Waals surface area contributed by atoms with Crippen molar-refractivity contribution in [1.29, 1.82) is 0 Å². The van der Waals surface area contributed by atoms with Gasteiger partial charge in [0.05, 0.1) is 11.4 Å². The van der Waals surface area contributed by atoms with Crippen LogP contribution >= 0.6 is 11.3 Å². The van der Waals surface area contributed by atoms with Crippen LogP contribution in [0.5, 0.6) is 0 Å². The largest absolute Gasteiger partial charge is 0.311 e. The van der Waals surface area contributed by atoms with Gasteiger partial charge >= 0.3 is 0 Å². The molecule has 11 heteroatoms. The van der Waals surface area contributed by atoms with Crippen LogP contribution in [0.3, 0.4) is 0 Å². The number of hydrogen-bond acceptors (Lipinski definition) is 3. The molecular weight excluding hydrogens is 807 g/mol. The Labute approximate surface area is 409 Å². The molecule has 0 radical (unpaired) electrons. The molecule has 0 atom stereocenters. The lowest BCUT2D eigenvalue weighted by Crippen LogP contribution is -2.61. The van der Waals surface area contributed by atoms with Crippen LogP contribution in [0.15, 0.2) is 60.7 Å². The first-order valence-corrected chi connectivity index (χ1v) is 25.7. The number of anilines is 6. The average Bonchev–Trinajstić information content (AvgIpc) is 3.63. The maximum absolute atomic E-state index is 2.79. The van der Waals surface area contributed by atoms with E-state index in [1.807, 2.05) is 0 Å². The molecule has 3 aliphatic rings. The van der Waals surface area contributed by atoms with E-state index in [9.17, 15) is 0 Å². The molecule has 0 amide bonds. The minimum absolute atomic E-state index is 0.0189. The maximum Gasteiger partial charge on any atom is 0.264 e. The van der Waals surface area contributed by atoms with Gasteiger partial charge < -0.3 is 9.80 Å². The van der Waals surface area contributed by atoms with Crippen molar-refractivity contribution in [3.05, 3.63) is 93.4 Å². The lowest BCUT2D eigenvalue weighted by Gasteiger charge is -2.46. The van der Waals surface area contributed by atoms with Gasteiger partial charge in [-0.3, -0.25) is 0 Å². The van der Waals surface area contributed by atoms with Crippen LogP contribution in [0.25, 0.3) is 11.1 Å². The second-order valence-corrected chi connectivity index (χ2v) is 26.4. The fourth-order valence-electron chi connectivity index (χ4n) is 11.9. The number of benzene rings is 5. The molecular formula is C55H70B8N2S. The Morgan fingerprint density at radius 2 is 1.02 bits per heavy atom. The highest BCUT2D eigenvalue weighted by atomic mass is 32.1. The Bertz CT molecular complexity index is 3000. The SMILES string of the molecule is Bc1cc(C(C)(C)C)cc(B)c1N1c2cc(C)cc3c2B(c2cc(C(C)(C)C)ccc2N3c2ccc(C(C)(C)C)cc2-c2c(B)c(B)c(B)c(B)c2B)c2sc3c(c21)C(C)(C)CCC3(C)C. The molecule has 6 aromatic rings. The van der Waals surface area contributed by atoms with E-state index in [1.165, 1.54) is 134 Å². The predicted molar refractivity (Wildman–Crippen MR) is 317 cm³/mol. The number of thiophene rings is 1. The Kier molecular flexibility index (Phi) is 10.8. The Balaban J connectivity index is 1.47. The molecule has 0 unspecified atom stereocenters. The van der Waals surface area contributed by atoms with Gasteiger partial charge in [0.15, 0.2) is 0 Å². The van der Waals surface area contributed by atoms with Crippen molar-refractivity contribution in [2.75, 3.05) is 9.80 Å². The minimum Gasteiger partial charge on any atom is -0.311 e. The quantitative estimate of drug-likeness (QED) is 0.251. The van der Waals surface area contributed by atoms with Crippen LogP contribution in [0.1, 0.15) is 136 Å². The zero-order chi connectivity index (χ0) is 48.3. The number of rotatable bonds is 3. The average molecular weight is 878 g/mol. The molecule has 0 fully saturated rings. The summed E-state index contributed by atoms with van der Waals surface area (Å²) in [4.78, 5) is 7.06. The lowest BCUT2D eigenvalue weighted by molar-refractivity contribution is 0.339. The number of aryl methyl sites for hydroxylation is 1. The summed E-state index contributed by atoms with van der Waals surface area (Å²) in [6, 6.07) is 25.0. The lowest BCUT2D eigenvalue weighted by atomic mass is 9.35. The molecule has 1 aromatic heterocycles. The van der Waals surface area contributed by atoms with Gasteiger partial charge in [0, 0.05) is 38.0 Å². The molecule has 330 valence electrons. The van der Waals surface area contributed by atoms with E-state index in [0.717, 1.165) is 0 Å². The van der Waals surface area contributed by atoms with Gasteiger partial charge in [-0.15, -0.1) is 16.4 Å². The van der Waals surface area contributed by atoms with Crippen LogP contribution in [0.2, 0.25) is 0 Å². The van der Waals surface area contributed by atoms with Crippen molar-refractivity contribution >= 4 is 161 Å². The number of nitrogens with zero attached hydrogens (tertiary/aromatic N) is 2. The molecule has 0 saturated heterocycles. The normalized spacial score (nSPS) is 16.2. The molecule has 0 spiro atoms. The van der Waals surface area contributed by atoms with Gasteiger partial charge in [-0.25, -0.2) is 0 Å². The van der Waals surface area contributed by atoms with E-state index in [2.05, 4.69) is 234 Å². The summed E-state index contributed by atoms with van der Waals surface area (Å²) in [5.74, 6) is 0. The molecule has 5 aromatic carbocycles. The fraction of sp³-hybridized carbons (Fsp3) is 0.382. The van der Waals surface area contributed by atoms with Crippen molar-refractivity contribution in [2.45, 2.75) is 137 Å². The van der Waals surface area contributed by atoms with Gasteiger partial charge in [-0.2, -0.15) is 11.3 Å². The summed E-state index contributed by atoms with van der Waals surface area (Å²) in [6.07, 6.45) is 2.36. The monoisotopic (exact) mass is 879 g/mol. The van der Waals surface area contributed by atoms with Crippen LogP contribution in [-0.2, 0) is 27.1 Å². The van der Waals surface area contributed by atoms with E-state index in [-0.39, 0.29) is 33.8 Å². The first-order valence-electron chi connectivity index (χ1n) is 24.9. The van der Waals surface area contributed by atoms with E-state index in [1.54, 1.807) is 10.4 Å². The molecule has 2 aliphatic heterocycles. The number of hydrogen-bond donors (Lipinski definition) is 0. The highest BCUT2D eigenvalue weighted by molar-refractivity contribution is 7.29. The topological polar surface area (TPSA) is 6.48 Å². The summed E-state index contributed by atoms with van der Waals surface area (Å²) < 4.78 is 1.51. The van der Waals surface area contributed by atoms with Crippen molar-refractivity contribution in [3.63, 3.8) is 0 Å². The van der Waals surface area contributed by atoms with Crippen LogP contribution in [0, 0.1) is 6.92 Å². The molecule has 9 rings (SSSR count). The maximum atomic E-state index is 2.79. The summed E-state index contributed by atoms with van der Waals surface area (Å²) >= 11 is 2.13. The Hall–Kier alpha value is -4.08. The molecule has 2 nitrogen and oxygen atoms in total. The highest BCUT2D eigenvalue weighted by Gasteiger charge is 2.51. The van der Waals surface area contributed by atoms with E-state index >= 15 is 0 Å². The van der Waals surface area contributed by atoms with Gasteiger partial charge in [0.25, 0.3) is 6.71 Å². The molecule has 66 heavy (non-hydrogen) atoms. The Morgan fingerprint density at radius 1 is 0.530 bits per heavy atom. The fourth-order valence-corrected chi connectivity index (χ4v) is 13.6. The third-order valence-corrected chi connectivity index (χ3v) is 18.1. The molecule has 0 saturated carbocycles. The van der Waals surface area contributed by atoms with Crippen molar-refractivity contribution < 1.29 is 0 Å².